The minimum Gasteiger partial charge on any atom is -0.372 e. The van der Waals surface area contributed by atoms with E-state index in [1.165, 1.54) is 24.0 Å². The molecule has 2 aromatic carbocycles. The first-order valence-corrected chi connectivity index (χ1v) is 12.2. The molecule has 2 N–H and O–H groups in total. The standard InChI is InChI=1S/C27H36N4O2/c1-28-27(30-25-15-16-31(18-25)26(32)24-9-5-6-10-24)29-17-21-11-13-23(14-12-21)20-33-19-22-7-3-2-4-8-22/h2-4,7-8,11-14,24-25H,5-6,9-10,15-20H2,1H3,(H2,28,29,30). The average Bonchev–Trinajstić information content (AvgIpc) is 3.55. The number of rotatable bonds is 8. The lowest BCUT2D eigenvalue weighted by Gasteiger charge is -2.21. The molecule has 2 fully saturated rings. The fraction of sp³-hybridized carbons (Fsp3) is 0.481. The molecule has 4 rings (SSSR count). The number of nitrogens with one attached hydrogen (secondary N) is 2. The smallest absolute Gasteiger partial charge is 0.225 e. The van der Waals surface area contributed by atoms with Crippen LogP contribution in [0.15, 0.2) is 59.6 Å². The molecule has 2 aliphatic rings. The van der Waals surface area contributed by atoms with Gasteiger partial charge in [-0.15, -0.1) is 0 Å². The van der Waals surface area contributed by atoms with Gasteiger partial charge in [0.15, 0.2) is 5.96 Å². The highest BCUT2D eigenvalue weighted by Gasteiger charge is 2.32. The highest BCUT2D eigenvalue weighted by Crippen LogP contribution is 2.27. The third kappa shape index (κ3) is 6.81. The fourth-order valence-corrected chi connectivity index (χ4v) is 4.70. The van der Waals surface area contributed by atoms with Crippen molar-refractivity contribution in [3.05, 3.63) is 71.3 Å². The first-order chi connectivity index (χ1) is 16.2. The number of hydrogen-bond donors (Lipinski definition) is 2. The number of aliphatic imine (C=N–C) groups is 1. The van der Waals surface area contributed by atoms with Crippen LogP contribution in [0.2, 0.25) is 0 Å². The van der Waals surface area contributed by atoms with Crippen LogP contribution in [0.3, 0.4) is 0 Å². The van der Waals surface area contributed by atoms with Crippen molar-refractivity contribution in [1.82, 2.24) is 15.5 Å². The van der Waals surface area contributed by atoms with Crippen LogP contribution in [0.25, 0.3) is 0 Å². The minimum atomic E-state index is 0.255. The van der Waals surface area contributed by atoms with Gasteiger partial charge in [0.2, 0.25) is 5.91 Å². The summed E-state index contributed by atoms with van der Waals surface area (Å²) in [6.45, 7) is 3.54. The minimum absolute atomic E-state index is 0.255. The molecule has 6 heteroatoms. The van der Waals surface area contributed by atoms with Gasteiger partial charge in [-0.05, 0) is 36.0 Å². The maximum Gasteiger partial charge on any atom is 0.225 e. The Morgan fingerprint density at radius 3 is 2.33 bits per heavy atom. The lowest BCUT2D eigenvalue weighted by Crippen LogP contribution is -2.45. The molecule has 1 atom stereocenters. The Balaban J connectivity index is 1.17. The largest absolute Gasteiger partial charge is 0.372 e. The van der Waals surface area contributed by atoms with Crippen molar-refractivity contribution in [3.63, 3.8) is 0 Å². The molecule has 0 radical (unpaired) electrons. The highest BCUT2D eigenvalue weighted by atomic mass is 16.5. The summed E-state index contributed by atoms with van der Waals surface area (Å²) in [5.74, 6) is 1.39. The van der Waals surface area contributed by atoms with Gasteiger partial charge in [0.05, 0.1) is 13.2 Å². The Kier molecular flexibility index (Phi) is 8.36. The van der Waals surface area contributed by atoms with Gasteiger partial charge in [0.25, 0.3) is 0 Å². The summed E-state index contributed by atoms with van der Waals surface area (Å²) >= 11 is 0. The van der Waals surface area contributed by atoms with Gasteiger partial charge in [-0.3, -0.25) is 9.79 Å². The molecule has 2 aromatic rings. The van der Waals surface area contributed by atoms with E-state index in [9.17, 15) is 4.79 Å². The molecular weight excluding hydrogens is 412 g/mol. The van der Waals surface area contributed by atoms with Crippen molar-refractivity contribution in [2.75, 3.05) is 20.1 Å². The van der Waals surface area contributed by atoms with Crippen LogP contribution in [0, 0.1) is 5.92 Å². The molecule has 6 nitrogen and oxygen atoms in total. The number of ether oxygens (including phenoxy) is 1. The van der Waals surface area contributed by atoms with Crippen LogP contribution in [-0.2, 0) is 29.3 Å². The lowest BCUT2D eigenvalue weighted by molar-refractivity contribution is -0.134. The maximum absolute atomic E-state index is 12.7. The monoisotopic (exact) mass is 448 g/mol. The van der Waals surface area contributed by atoms with Crippen molar-refractivity contribution in [2.24, 2.45) is 10.9 Å². The molecule has 1 saturated carbocycles. The van der Waals surface area contributed by atoms with E-state index in [1.807, 2.05) is 23.1 Å². The fourth-order valence-electron chi connectivity index (χ4n) is 4.70. The van der Waals surface area contributed by atoms with Crippen molar-refractivity contribution in [2.45, 2.75) is 57.9 Å². The molecule has 1 heterocycles. The number of carbonyl (C=O) groups excluding carboxylic acids is 1. The summed E-state index contributed by atoms with van der Waals surface area (Å²) in [5.41, 5.74) is 3.54. The number of nitrogens with zero attached hydrogens (tertiary/aromatic N) is 2. The first kappa shape index (κ1) is 23.3. The second-order valence-electron chi connectivity index (χ2n) is 9.12. The molecule has 1 unspecified atom stereocenters. The van der Waals surface area contributed by atoms with Gasteiger partial charge >= 0.3 is 0 Å². The normalized spacial score (nSPS) is 19.1. The van der Waals surface area contributed by atoms with Crippen molar-refractivity contribution in [3.8, 4) is 0 Å². The second-order valence-corrected chi connectivity index (χ2v) is 9.12. The van der Waals surface area contributed by atoms with Gasteiger partial charge in [0.1, 0.15) is 0 Å². The number of likely N-dealkylation sites (tertiary alicyclic amines) is 1. The van der Waals surface area contributed by atoms with Crippen molar-refractivity contribution >= 4 is 11.9 Å². The molecule has 1 amide bonds. The molecule has 0 aromatic heterocycles. The number of amides is 1. The summed E-state index contributed by atoms with van der Waals surface area (Å²) < 4.78 is 5.82. The molecule has 0 spiro atoms. The summed E-state index contributed by atoms with van der Waals surface area (Å²) in [6, 6.07) is 19.0. The Hall–Kier alpha value is -2.86. The van der Waals surface area contributed by atoms with Gasteiger partial charge in [-0.25, -0.2) is 0 Å². The summed E-state index contributed by atoms with van der Waals surface area (Å²) in [5, 5.41) is 6.89. The average molecular weight is 449 g/mol. The van der Waals surface area contributed by atoms with Crippen LogP contribution < -0.4 is 10.6 Å². The number of guanidine groups is 1. The Morgan fingerprint density at radius 1 is 0.970 bits per heavy atom. The third-order valence-electron chi connectivity index (χ3n) is 6.63. The zero-order valence-corrected chi connectivity index (χ0v) is 19.6. The number of benzene rings is 2. The summed E-state index contributed by atoms with van der Waals surface area (Å²) in [6.07, 6.45) is 5.49. The second kappa shape index (κ2) is 11.8. The van der Waals surface area contributed by atoms with E-state index in [1.54, 1.807) is 7.05 Å². The van der Waals surface area contributed by atoms with E-state index in [4.69, 9.17) is 4.74 Å². The maximum atomic E-state index is 12.7. The zero-order chi connectivity index (χ0) is 22.9. The van der Waals surface area contributed by atoms with Gasteiger partial charge in [-0.1, -0.05) is 67.4 Å². The van der Waals surface area contributed by atoms with E-state index < -0.39 is 0 Å². The van der Waals surface area contributed by atoms with E-state index in [-0.39, 0.29) is 12.0 Å². The molecular formula is C27H36N4O2. The molecule has 1 aliphatic heterocycles. The van der Waals surface area contributed by atoms with E-state index in [0.29, 0.717) is 25.7 Å². The van der Waals surface area contributed by atoms with Crippen LogP contribution in [-0.4, -0.2) is 42.9 Å². The molecule has 176 valence electrons. The molecule has 1 aliphatic carbocycles. The number of carbonyl (C=O) groups is 1. The van der Waals surface area contributed by atoms with Crippen LogP contribution in [0.5, 0.6) is 0 Å². The van der Waals surface area contributed by atoms with Gasteiger partial charge in [-0.2, -0.15) is 0 Å². The van der Waals surface area contributed by atoms with Crippen LogP contribution in [0.1, 0.15) is 48.8 Å². The molecule has 1 saturated heterocycles. The quantitative estimate of drug-likeness (QED) is 0.475. The van der Waals surface area contributed by atoms with E-state index in [2.05, 4.69) is 52.0 Å². The summed E-state index contributed by atoms with van der Waals surface area (Å²) in [7, 11) is 1.79. The summed E-state index contributed by atoms with van der Waals surface area (Å²) in [4.78, 5) is 19.1. The Labute approximate surface area is 197 Å². The number of hydrogen-bond acceptors (Lipinski definition) is 3. The Bertz CT molecular complexity index is 907. The van der Waals surface area contributed by atoms with Gasteiger partial charge < -0.3 is 20.3 Å². The Morgan fingerprint density at radius 2 is 1.64 bits per heavy atom. The highest BCUT2D eigenvalue weighted by molar-refractivity contribution is 5.81. The SMILES string of the molecule is CN=C(NCc1ccc(COCc2ccccc2)cc1)NC1CCN(C(=O)C2CCCC2)C1. The van der Waals surface area contributed by atoms with Gasteiger partial charge in [0, 0.05) is 38.6 Å². The topological polar surface area (TPSA) is 66.0 Å². The molecule has 0 bridgehead atoms. The predicted octanol–water partition coefficient (Wildman–Crippen LogP) is 3.86. The van der Waals surface area contributed by atoms with Crippen molar-refractivity contribution < 1.29 is 9.53 Å². The van der Waals surface area contributed by atoms with E-state index >= 15 is 0 Å². The zero-order valence-electron chi connectivity index (χ0n) is 19.6. The van der Waals surface area contributed by atoms with Crippen LogP contribution in [0.4, 0.5) is 0 Å². The lowest BCUT2D eigenvalue weighted by atomic mass is 10.1. The molecule has 33 heavy (non-hydrogen) atoms. The third-order valence-corrected chi connectivity index (χ3v) is 6.63. The van der Waals surface area contributed by atoms with E-state index in [0.717, 1.165) is 43.9 Å². The van der Waals surface area contributed by atoms with Crippen LogP contribution >= 0.6 is 0 Å². The van der Waals surface area contributed by atoms with Crippen molar-refractivity contribution in [1.29, 1.82) is 0 Å². The first-order valence-electron chi connectivity index (χ1n) is 12.2. The predicted molar refractivity (Wildman–Crippen MR) is 132 cm³/mol.